The summed E-state index contributed by atoms with van der Waals surface area (Å²) in [6.45, 7) is 5.34. The molecule has 4 rings (SSSR count). The van der Waals surface area contributed by atoms with Crippen molar-refractivity contribution in [2.45, 2.75) is 22.3 Å². The maximum absolute atomic E-state index is 6.36. The van der Waals surface area contributed by atoms with Crippen molar-refractivity contribution >= 4 is 35.0 Å². The SMILES string of the molecule is ClCCN1CCN(C2Cc3ccccc3Sc3ccc(Cl)cc32)CC1. The normalized spacial score (nSPS) is 21.4. The van der Waals surface area contributed by atoms with Crippen LogP contribution in [0.4, 0.5) is 0 Å². The van der Waals surface area contributed by atoms with E-state index in [1.54, 1.807) is 0 Å². The van der Waals surface area contributed by atoms with Crippen LogP contribution in [0.1, 0.15) is 17.2 Å². The highest BCUT2D eigenvalue weighted by atomic mass is 35.5. The van der Waals surface area contributed by atoms with Gasteiger partial charge in [0.05, 0.1) is 0 Å². The fourth-order valence-corrected chi connectivity index (χ4v) is 5.36. The van der Waals surface area contributed by atoms with Gasteiger partial charge in [-0.3, -0.25) is 9.80 Å². The van der Waals surface area contributed by atoms with Gasteiger partial charge >= 0.3 is 0 Å². The summed E-state index contributed by atoms with van der Waals surface area (Å²) in [6.07, 6.45) is 1.05. The Labute approximate surface area is 164 Å². The molecule has 0 amide bonds. The molecule has 0 radical (unpaired) electrons. The predicted molar refractivity (Wildman–Crippen MR) is 107 cm³/mol. The first-order valence-electron chi connectivity index (χ1n) is 8.82. The van der Waals surface area contributed by atoms with Gasteiger partial charge in [0.1, 0.15) is 0 Å². The van der Waals surface area contributed by atoms with E-state index in [0.717, 1.165) is 44.2 Å². The molecule has 0 bridgehead atoms. The summed E-state index contributed by atoms with van der Waals surface area (Å²) in [7, 11) is 0. The Morgan fingerprint density at radius 2 is 1.80 bits per heavy atom. The molecule has 2 aromatic rings. The summed E-state index contributed by atoms with van der Waals surface area (Å²) in [4.78, 5) is 7.79. The lowest BCUT2D eigenvalue weighted by Gasteiger charge is -2.39. The summed E-state index contributed by atoms with van der Waals surface area (Å²) in [6, 6.07) is 15.5. The molecule has 2 aliphatic heterocycles. The van der Waals surface area contributed by atoms with Crippen molar-refractivity contribution in [3.8, 4) is 0 Å². The molecule has 0 aliphatic carbocycles. The third kappa shape index (κ3) is 3.86. The molecule has 1 unspecified atom stereocenters. The van der Waals surface area contributed by atoms with Crippen LogP contribution >= 0.6 is 35.0 Å². The number of piperazine rings is 1. The van der Waals surface area contributed by atoms with E-state index in [0.29, 0.717) is 11.9 Å². The number of hydrogen-bond acceptors (Lipinski definition) is 3. The van der Waals surface area contributed by atoms with E-state index in [2.05, 4.69) is 46.2 Å². The van der Waals surface area contributed by atoms with Crippen LogP contribution < -0.4 is 0 Å². The molecule has 2 heterocycles. The number of benzene rings is 2. The summed E-state index contributed by atoms with van der Waals surface area (Å²) in [5.74, 6) is 0.714. The van der Waals surface area contributed by atoms with Gasteiger partial charge < -0.3 is 0 Å². The molecular weight excluding hydrogens is 371 g/mol. The third-order valence-corrected chi connectivity index (χ3v) is 6.80. The zero-order valence-electron chi connectivity index (χ0n) is 14.1. The molecule has 132 valence electrons. The van der Waals surface area contributed by atoms with Gasteiger partial charge in [0.15, 0.2) is 0 Å². The fraction of sp³-hybridized carbons (Fsp3) is 0.400. The molecule has 0 N–H and O–H groups in total. The summed E-state index contributed by atoms with van der Waals surface area (Å²) >= 11 is 14.1. The van der Waals surface area contributed by atoms with Gasteiger partial charge in [-0.25, -0.2) is 0 Å². The Bertz CT molecular complexity index is 744. The number of nitrogens with zero attached hydrogens (tertiary/aromatic N) is 2. The van der Waals surface area contributed by atoms with Crippen LogP contribution in [0, 0.1) is 0 Å². The van der Waals surface area contributed by atoms with Crippen molar-refractivity contribution in [2.75, 3.05) is 38.6 Å². The van der Waals surface area contributed by atoms with E-state index in [1.165, 1.54) is 20.9 Å². The highest BCUT2D eigenvalue weighted by Gasteiger charge is 2.29. The lowest BCUT2D eigenvalue weighted by molar-refractivity contribution is 0.0982. The fourth-order valence-electron chi connectivity index (χ4n) is 3.83. The van der Waals surface area contributed by atoms with Gasteiger partial charge in [-0.05, 0) is 41.8 Å². The number of fused-ring (bicyclic) bond motifs is 2. The van der Waals surface area contributed by atoms with Gasteiger partial charge in [0, 0.05) is 59.5 Å². The molecule has 25 heavy (non-hydrogen) atoms. The first-order valence-corrected chi connectivity index (χ1v) is 10.5. The lowest BCUT2D eigenvalue weighted by atomic mass is 9.96. The minimum Gasteiger partial charge on any atom is -0.300 e. The first-order chi connectivity index (χ1) is 12.2. The minimum atomic E-state index is 0.392. The maximum Gasteiger partial charge on any atom is 0.0410 e. The van der Waals surface area contributed by atoms with E-state index in [-0.39, 0.29) is 0 Å². The van der Waals surface area contributed by atoms with Crippen LogP contribution in [0.15, 0.2) is 52.3 Å². The molecular formula is C20H22Cl2N2S. The van der Waals surface area contributed by atoms with Gasteiger partial charge in [0.2, 0.25) is 0 Å². The number of alkyl halides is 1. The average molecular weight is 393 g/mol. The van der Waals surface area contributed by atoms with Gasteiger partial charge in [-0.15, -0.1) is 11.6 Å². The van der Waals surface area contributed by atoms with Crippen molar-refractivity contribution in [2.24, 2.45) is 0 Å². The molecule has 2 nitrogen and oxygen atoms in total. The Morgan fingerprint density at radius 1 is 1.00 bits per heavy atom. The summed E-state index contributed by atoms with van der Waals surface area (Å²) < 4.78 is 0. The molecule has 1 atom stereocenters. The van der Waals surface area contributed by atoms with Crippen molar-refractivity contribution in [3.63, 3.8) is 0 Å². The molecule has 5 heteroatoms. The standard InChI is InChI=1S/C20H22Cl2N2S/c21-7-8-23-9-11-24(12-10-23)18-13-15-3-1-2-4-19(15)25-20-6-5-16(22)14-17(18)20/h1-6,14,18H,7-13H2. The number of halogens is 2. The summed E-state index contributed by atoms with van der Waals surface area (Å²) in [5, 5.41) is 0.830. The maximum atomic E-state index is 6.36. The van der Waals surface area contributed by atoms with Crippen molar-refractivity contribution in [1.82, 2.24) is 9.80 Å². The van der Waals surface area contributed by atoms with E-state index in [9.17, 15) is 0 Å². The van der Waals surface area contributed by atoms with Gasteiger partial charge in [0.25, 0.3) is 0 Å². The van der Waals surface area contributed by atoms with Crippen LogP contribution in [-0.4, -0.2) is 48.4 Å². The zero-order chi connectivity index (χ0) is 17.2. The topological polar surface area (TPSA) is 6.48 Å². The highest BCUT2D eigenvalue weighted by Crippen LogP contribution is 2.43. The monoisotopic (exact) mass is 392 g/mol. The first kappa shape index (κ1) is 17.7. The molecule has 1 saturated heterocycles. The molecule has 2 aromatic carbocycles. The van der Waals surface area contributed by atoms with Crippen molar-refractivity contribution in [1.29, 1.82) is 0 Å². The Balaban J connectivity index is 1.65. The second-order valence-electron chi connectivity index (χ2n) is 6.68. The molecule has 2 aliphatic rings. The van der Waals surface area contributed by atoms with E-state index in [1.807, 2.05) is 17.8 Å². The Morgan fingerprint density at radius 3 is 2.60 bits per heavy atom. The number of hydrogen-bond donors (Lipinski definition) is 0. The van der Waals surface area contributed by atoms with Gasteiger partial charge in [-0.1, -0.05) is 41.6 Å². The van der Waals surface area contributed by atoms with Crippen LogP contribution in [0.5, 0.6) is 0 Å². The van der Waals surface area contributed by atoms with Gasteiger partial charge in [-0.2, -0.15) is 0 Å². The molecule has 0 aromatic heterocycles. The predicted octanol–water partition coefficient (Wildman–Crippen LogP) is 4.94. The zero-order valence-corrected chi connectivity index (χ0v) is 16.5. The quantitative estimate of drug-likeness (QED) is 0.682. The van der Waals surface area contributed by atoms with Crippen LogP contribution in [0.3, 0.4) is 0 Å². The van der Waals surface area contributed by atoms with Crippen LogP contribution in [-0.2, 0) is 6.42 Å². The van der Waals surface area contributed by atoms with E-state index >= 15 is 0 Å². The van der Waals surface area contributed by atoms with E-state index < -0.39 is 0 Å². The summed E-state index contributed by atoms with van der Waals surface area (Å²) in [5.41, 5.74) is 2.81. The Hall–Kier alpha value is -0.710. The third-order valence-electron chi connectivity index (χ3n) is 5.19. The van der Waals surface area contributed by atoms with Crippen LogP contribution in [0.2, 0.25) is 5.02 Å². The van der Waals surface area contributed by atoms with E-state index in [4.69, 9.17) is 23.2 Å². The highest BCUT2D eigenvalue weighted by molar-refractivity contribution is 7.99. The average Bonchev–Trinajstić information content (AvgIpc) is 2.79. The van der Waals surface area contributed by atoms with Crippen molar-refractivity contribution in [3.05, 3.63) is 58.6 Å². The second kappa shape index (κ2) is 7.89. The smallest absolute Gasteiger partial charge is 0.0410 e. The second-order valence-corrected chi connectivity index (χ2v) is 8.58. The molecule has 0 saturated carbocycles. The largest absolute Gasteiger partial charge is 0.300 e. The molecule has 0 spiro atoms. The minimum absolute atomic E-state index is 0.392. The Kier molecular flexibility index (Phi) is 5.59. The number of rotatable bonds is 3. The van der Waals surface area contributed by atoms with Crippen molar-refractivity contribution < 1.29 is 0 Å². The molecule has 1 fully saturated rings. The lowest BCUT2D eigenvalue weighted by Crippen LogP contribution is -2.48. The van der Waals surface area contributed by atoms with Crippen LogP contribution in [0.25, 0.3) is 0 Å².